The second-order valence-corrected chi connectivity index (χ2v) is 9.23. The van der Waals surface area contributed by atoms with Crippen LogP contribution in [0.1, 0.15) is 26.7 Å². The largest absolute Gasteiger partial charge is 0.390 e. The standard InChI is InChI=1S/C21H35N7O8/c1-12(2)19(33)18-21(35)28-13(6-5-7-23-28)20(34)27(36)11-17(32)26(4)9-14(29)22-8-16(31)25(3)10-15(30)24-18/h12-13,18-19,23,33,36H,5-11H2,1-4H3,(H,22,29)(H,24,30)/t13-,18-,19?/m0/s1. The first-order valence-corrected chi connectivity index (χ1v) is 11.6. The normalized spacial score (nSPS) is 25.3. The van der Waals surface area contributed by atoms with Crippen LogP contribution in [0.25, 0.3) is 0 Å². The summed E-state index contributed by atoms with van der Waals surface area (Å²) in [6.45, 7) is 1.44. The summed E-state index contributed by atoms with van der Waals surface area (Å²) in [6.07, 6.45) is -0.720. The fourth-order valence-electron chi connectivity index (χ4n) is 3.72. The Bertz CT molecular complexity index is 882. The predicted octanol–water partition coefficient (Wildman–Crippen LogP) is -3.75. The van der Waals surface area contributed by atoms with Gasteiger partial charge < -0.3 is 25.5 Å². The van der Waals surface area contributed by atoms with Crippen molar-refractivity contribution in [2.45, 2.75) is 44.9 Å². The highest BCUT2D eigenvalue weighted by Gasteiger charge is 2.41. The van der Waals surface area contributed by atoms with Crippen LogP contribution >= 0.6 is 0 Å². The number of hydrazine groups is 1. The Labute approximate surface area is 208 Å². The molecule has 2 heterocycles. The highest BCUT2D eigenvalue weighted by Crippen LogP contribution is 2.17. The van der Waals surface area contributed by atoms with E-state index in [1.165, 1.54) is 14.1 Å². The minimum absolute atomic E-state index is 0.150. The van der Waals surface area contributed by atoms with Crippen molar-refractivity contribution in [2.24, 2.45) is 5.92 Å². The van der Waals surface area contributed by atoms with Crippen molar-refractivity contribution in [3.8, 4) is 0 Å². The minimum Gasteiger partial charge on any atom is -0.390 e. The van der Waals surface area contributed by atoms with E-state index in [0.717, 1.165) is 14.8 Å². The average molecular weight is 514 g/mol. The molecule has 0 radical (unpaired) electrons. The SMILES string of the molecule is CC(C)C(O)[C@@H]1NC(=O)CN(C)C(=O)CNC(=O)CN(C)C(=O)CN(O)C(=O)[C@@H]2CCCNN2C1=O. The van der Waals surface area contributed by atoms with Crippen molar-refractivity contribution in [1.29, 1.82) is 0 Å². The number of fused-ring (bicyclic) bond motifs is 1. The first kappa shape index (κ1) is 28.9. The molecule has 202 valence electrons. The quantitative estimate of drug-likeness (QED) is 0.231. The molecule has 2 fully saturated rings. The molecule has 0 spiro atoms. The smallest absolute Gasteiger partial charge is 0.270 e. The zero-order chi connectivity index (χ0) is 27.2. The lowest BCUT2D eigenvalue weighted by atomic mass is 9.97. The third-order valence-corrected chi connectivity index (χ3v) is 5.97. The van der Waals surface area contributed by atoms with Crippen LogP contribution in [0.5, 0.6) is 0 Å². The zero-order valence-electron chi connectivity index (χ0n) is 20.9. The summed E-state index contributed by atoms with van der Waals surface area (Å²) in [4.78, 5) is 78.0. The highest BCUT2D eigenvalue weighted by atomic mass is 16.5. The van der Waals surface area contributed by atoms with Gasteiger partial charge in [-0.2, -0.15) is 0 Å². The lowest BCUT2D eigenvalue weighted by Gasteiger charge is -2.39. The number of aliphatic hydroxyl groups is 1. The van der Waals surface area contributed by atoms with Gasteiger partial charge in [-0.15, -0.1) is 0 Å². The Morgan fingerprint density at radius 1 is 0.889 bits per heavy atom. The molecule has 36 heavy (non-hydrogen) atoms. The van der Waals surface area contributed by atoms with Gasteiger partial charge in [0.15, 0.2) is 0 Å². The number of likely N-dealkylation sites (N-methyl/N-ethyl adjacent to an activating group) is 2. The highest BCUT2D eigenvalue weighted by molar-refractivity contribution is 5.95. The van der Waals surface area contributed by atoms with Crippen LogP contribution in [-0.2, 0) is 28.8 Å². The molecular weight excluding hydrogens is 478 g/mol. The van der Waals surface area contributed by atoms with Crippen LogP contribution in [-0.4, -0.2) is 131 Å². The van der Waals surface area contributed by atoms with Crippen molar-refractivity contribution in [3.05, 3.63) is 0 Å². The molecule has 2 aliphatic heterocycles. The van der Waals surface area contributed by atoms with E-state index in [2.05, 4.69) is 16.1 Å². The van der Waals surface area contributed by atoms with E-state index in [0.29, 0.717) is 13.0 Å². The zero-order valence-corrected chi connectivity index (χ0v) is 20.9. The molecule has 1 unspecified atom stereocenters. The van der Waals surface area contributed by atoms with Crippen molar-refractivity contribution in [2.75, 3.05) is 46.8 Å². The Kier molecular flexibility index (Phi) is 10.1. The Balaban J connectivity index is 2.40. The summed E-state index contributed by atoms with van der Waals surface area (Å²) in [5.41, 5.74) is 2.77. The van der Waals surface area contributed by atoms with Crippen LogP contribution < -0.4 is 16.1 Å². The maximum absolute atomic E-state index is 13.4. The molecule has 15 nitrogen and oxygen atoms in total. The summed E-state index contributed by atoms with van der Waals surface area (Å²) in [6, 6.07) is -2.69. The second kappa shape index (κ2) is 12.6. The number of carbonyl (C=O) groups is 6. The number of rotatable bonds is 2. The fourth-order valence-corrected chi connectivity index (χ4v) is 3.72. The van der Waals surface area contributed by atoms with Crippen LogP contribution in [0.2, 0.25) is 0 Å². The topological polar surface area (TPSA) is 192 Å². The van der Waals surface area contributed by atoms with Gasteiger partial charge in [0.2, 0.25) is 23.6 Å². The van der Waals surface area contributed by atoms with Gasteiger partial charge in [0.05, 0.1) is 25.7 Å². The summed E-state index contributed by atoms with van der Waals surface area (Å²) in [5, 5.41) is 26.9. The van der Waals surface area contributed by atoms with Gasteiger partial charge in [-0.05, 0) is 18.8 Å². The van der Waals surface area contributed by atoms with E-state index in [1.807, 2.05) is 0 Å². The number of amides is 6. The van der Waals surface area contributed by atoms with Crippen molar-refractivity contribution < 1.29 is 39.1 Å². The fraction of sp³-hybridized carbons (Fsp3) is 0.714. The molecule has 15 heteroatoms. The van der Waals surface area contributed by atoms with Crippen molar-refractivity contribution in [1.82, 2.24) is 35.9 Å². The van der Waals surface area contributed by atoms with Crippen LogP contribution in [0.3, 0.4) is 0 Å². The van der Waals surface area contributed by atoms with Crippen LogP contribution in [0.15, 0.2) is 0 Å². The van der Waals surface area contributed by atoms with E-state index in [9.17, 15) is 39.1 Å². The van der Waals surface area contributed by atoms with Crippen LogP contribution in [0.4, 0.5) is 0 Å². The minimum atomic E-state index is -1.47. The maximum Gasteiger partial charge on any atom is 0.270 e. The van der Waals surface area contributed by atoms with Gasteiger partial charge >= 0.3 is 0 Å². The van der Waals surface area contributed by atoms with E-state index < -0.39 is 85.7 Å². The van der Waals surface area contributed by atoms with Gasteiger partial charge in [-0.3, -0.25) is 39.0 Å². The van der Waals surface area contributed by atoms with Gasteiger partial charge in [0, 0.05) is 20.6 Å². The van der Waals surface area contributed by atoms with E-state index in [-0.39, 0.29) is 11.5 Å². The monoisotopic (exact) mass is 513 g/mol. The average Bonchev–Trinajstić information content (AvgIpc) is 2.83. The number of nitrogens with one attached hydrogen (secondary N) is 3. The lowest BCUT2D eigenvalue weighted by molar-refractivity contribution is -0.181. The van der Waals surface area contributed by atoms with E-state index >= 15 is 0 Å². The first-order chi connectivity index (χ1) is 16.8. The van der Waals surface area contributed by atoms with Crippen molar-refractivity contribution >= 4 is 35.4 Å². The number of aliphatic hydroxyl groups excluding tert-OH is 1. The Morgan fingerprint density at radius 2 is 1.50 bits per heavy atom. The van der Waals surface area contributed by atoms with Gasteiger partial charge in [0.25, 0.3) is 11.8 Å². The van der Waals surface area contributed by atoms with E-state index in [4.69, 9.17) is 0 Å². The number of hydrogen-bond donors (Lipinski definition) is 5. The molecule has 0 aliphatic carbocycles. The molecule has 0 saturated carbocycles. The molecule has 0 aromatic heterocycles. The molecule has 5 N–H and O–H groups in total. The molecule has 6 amide bonds. The molecule has 2 saturated heterocycles. The summed E-state index contributed by atoms with van der Waals surface area (Å²) in [5.74, 6) is -5.00. The predicted molar refractivity (Wildman–Crippen MR) is 122 cm³/mol. The molecule has 0 aromatic carbocycles. The number of hydroxylamine groups is 2. The molecular formula is C21H35N7O8. The Morgan fingerprint density at radius 3 is 2.14 bits per heavy atom. The third-order valence-electron chi connectivity index (χ3n) is 5.97. The summed E-state index contributed by atoms with van der Waals surface area (Å²) in [7, 11) is 2.61. The lowest BCUT2D eigenvalue weighted by Crippen LogP contribution is -2.66. The first-order valence-electron chi connectivity index (χ1n) is 11.6. The summed E-state index contributed by atoms with van der Waals surface area (Å²) < 4.78 is 0. The number of hydrogen-bond acceptors (Lipinski definition) is 9. The Hall–Kier alpha value is -3.30. The molecule has 2 rings (SSSR count). The van der Waals surface area contributed by atoms with Gasteiger partial charge in [0.1, 0.15) is 18.6 Å². The third kappa shape index (κ3) is 7.35. The molecule has 3 atom stereocenters. The van der Waals surface area contributed by atoms with Crippen molar-refractivity contribution in [3.63, 3.8) is 0 Å². The second-order valence-electron chi connectivity index (χ2n) is 9.23. The number of carbonyl (C=O) groups excluding carboxylic acids is 6. The van der Waals surface area contributed by atoms with Gasteiger partial charge in [-0.1, -0.05) is 13.8 Å². The van der Waals surface area contributed by atoms with Gasteiger partial charge in [-0.25, -0.2) is 10.5 Å². The molecule has 0 aromatic rings. The van der Waals surface area contributed by atoms with Crippen LogP contribution in [0, 0.1) is 5.92 Å². The molecule has 0 bridgehead atoms. The van der Waals surface area contributed by atoms with E-state index in [1.54, 1.807) is 13.8 Å². The number of nitrogens with zero attached hydrogens (tertiary/aromatic N) is 4. The summed E-state index contributed by atoms with van der Waals surface area (Å²) >= 11 is 0. The maximum atomic E-state index is 13.4. The molecule has 2 aliphatic rings.